The largest absolute Gasteiger partial charge is 0.489 e. The fourth-order valence-electron chi connectivity index (χ4n) is 3.10. The zero-order chi connectivity index (χ0) is 16.8. The molecular weight excluding hydrogens is 316 g/mol. The van der Waals surface area contributed by atoms with Crippen molar-refractivity contribution in [3.05, 3.63) is 59.2 Å². The van der Waals surface area contributed by atoms with Crippen molar-refractivity contribution in [1.29, 1.82) is 0 Å². The van der Waals surface area contributed by atoms with Gasteiger partial charge in [0.2, 0.25) is 0 Å². The van der Waals surface area contributed by atoms with Gasteiger partial charge in [0.05, 0.1) is 6.10 Å². The van der Waals surface area contributed by atoms with Crippen LogP contribution in [0.3, 0.4) is 0 Å². The molecule has 0 bridgehead atoms. The van der Waals surface area contributed by atoms with Crippen LogP contribution in [0, 0.1) is 0 Å². The Bertz CT molecular complexity index is 651. The SMILES string of the molecule is CCCOC1CCc2cc(OCc3ccc(SC)cc3)ccc2C1. The van der Waals surface area contributed by atoms with Crippen LogP contribution in [0.1, 0.15) is 36.5 Å². The molecule has 1 aliphatic rings. The molecule has 1 unspecified atom stereocenters. The average molecular weight is 343 g/mol. The van der Waals surface area contributed by atoms with Crippen molar-refractivity contribution in [3.8, 4) is 5.75 Å². The maximum absolute atomic E-state index is 5.99. The van der Waals surface area contributed by atoms with Gasteiger partial charge in [0.25, 0.3) is 0 Å². The second-order valence-electron chi connectivity index (χ2n) is 6.30. The van der Waals surface area contributed by atoms with Gasteiger partial charge in [-0.25, -0.2) is 0 Å². The second-order valence-corrected chi connectivity index (χ2v) is 7.18. The van der Waals surface area contributed by atoms with E-state index < -0.39 is 0 Å². The number of hydrogen-bond acceptors (Lipinski definition) is 3. The Morgan fingerprint density at radius 1 is 1.08 bits per heavy atom. The van der Waals surface area contributed by atoms with Crippen molar-refractivity contribution in [2.45, 2.75) is 50.2 Å². The smallest absolute Gasteiger partial charge is 0.120 e. The van der Waals surface area contributed by atoms with Crippen LogP contribution in [0.2, 0.25) is 0 Å². The minimum Gasteiger partial charge on any atom is -0.489 e. The highest BCUT2D eigenvalue weighted by atomic mass is 32.2. The summed E-state index contributed by atoms with van der Waals surface area (Å²) in [6.45, 7) is 3.65. The molecule has 2 aromatic rings. The third kappa shape index (κ3) is 4.55. The first-order chi connectivity index (χ1) is 11.8. The molecule has 0 saturated carbocycles. The molecule has 2 aromatic carbocycles. The van der Waals surface area contributed by atoms with Crippen LogP contribution in [-0.2, 0) is 24.2 Å². The van der Waals surface area contributed by atoms with E-state index in [4.69, 9.17) is 9.47 Å². The van der Waals surface area contributed by atoms with Gasteiger partial charge in [-0.15, -0.1) is 11.8 Å². The fraction of sp³-hybridized carbons (Fsp3) is 0.429. The van der Waals surface area contributed by atoms with E-state index in [0.717, 1.165) is 38.0 Å². The number of aryl methyl sites for hydroxylation is 1. The highest BCUT2D eigenvalue weighted by Crippen LogP contribution is 2.27. The third-order valence-electron chi connectivity index (χ3n) is 4.48. The lowest BCUT2D eigenvalue weighted by molar-refractivity contribution is 0.0446. The molecule has 2 nitrogen and oxygen atoms in total. The van der Waals surface area contributed by atoms with Gasteiger partial charge in [0.1, 0.15) is 12.4 Å². The number of fused-ring (bicyclic) bond motifs is 1. The van der Waals surface area contributed by atoms with E-state index in [1.165, 1.54) is 21.6 Å². The van der Waals surface area contributed by atoms with E-state index in [-0.39, 0.29) is 0 Å². The number of benzene rings is 2. The molecule has 0 saturated heterocycles. The quantitative estimate of drug-likeness (QED) is 0.639. The lowest BCUT2D eigenvalue weighted by Crippen LogP contribution is -2.22. The Labute approximate surface area is 149 Å². The molecule has 0 fully saturated rings. The maximum atomic E-state index is 5.99. The summed E-state index contributed by atoms with van der Waals surface area (Å²) in [5.41, 5.74) is 4.04. The molecule has 0 spiro atoms. The van der Waals surface area contributed by atoms with E-state index in [1.54, 1.807) is 11.8 Å². The summed E-state index contributed by atoms with van der Waals surface area (Å²) in [4.78, 5) is 1.28. The van der Waals surface area contributed by atoms with Crippen LogP contribution in [-0.4, -0.2) is 19.0 Å². The van der Waals surface area contributed by atoms with Gasteiger partial charge in [0, 0.05) is 11.5 Å². The Balaban J connectivity index is 1.58. The normalized spacial score (nSPS) is 16.7. The minimum atomic E-state index is 0.388. The lowest BCUT2D eigenvalue weighted by Gasteiger charge is -2.25. The van der Waals surface area contributed by atoms with Crippen molar-refractivity contribution >= 4 is 11.8 Å². The van der Waals surface area contributed by atoms with Gasteiger partial charge in [-0.2, -0.15) is 0 Å². The van der Waals surface area contributed by atoms with Crippen molar-refractivity contribution in [3.63, 3.8) is 0 Å². The Kier molecular flexibility index (Phi) is 6.22. The van der Waals surface area contributed by atoms with E-state index in [9.17, 15) is 0 Å². The Hall–Kier alpha value is -1.45. The van der Waals surface area contributed by atoms with Crippen LogP contribution < -0.4 is 4.74 Å². The highest BCUT2D eigenvalue weighted by molar-refractivity contribution is 7.98. The van der Waals surface area contributed by atoms with E-state index in [2.05, 4.69) is 55.6 Å². The summed E-state index contributed by atoms with van der Waals surface area (Å²) in [6.07, 6.45) is 6.81. The number of ether oxygens (including phenoxy) is 2. The molecule has 3 rings (SSSR count). The predicted molar refractivity (Wildman–Crippen MR) is 101 cm³/mol. The predicted octanol–water partition coefficient (Wildman–Crippen LogP) is 5.27. The first-order valence-corrected chi connectivity index (χ1v) is 10.00. The summed E-state index contributed by atoms with van der Waals surface area (Å²) in [5, 5.41) is 0. The van der Waals surface area contributed by atoms with Crippen LogP contribution in [0.25, 0.3) is 0 Å². The molecular formula is C21H26O2S. The van der Waals surface area contributed by atoms with Gasteiger partial charge >= 0.3 is 0 Å². The summed E-state index contributed by atoms with van der Waals surface area (Å²) in [5.74, 6) is 0.968. The topological polar surface area (TPSA) is 18.5 Å². The second kappa shape index (κ2) is 8.59. The van der Waals surface area contributed by atoms with Crippen molar-refractivity contribution in [2.75, 3.05) is 12.9 Å². The van der Waals surface area contributed by atoms with Gasteiger partial charge in [-0.05, 0) is 72.9 Å². The van der Waals surface area contributed by atoms with Crippen LogP contribution in [0.15, 0.2) is 47.4 Å². The molecule has 0 N–H and O–H groups in total. The first kappa shape index (κ1) is 17.4. The molecule has 1 atom stereocenters. The van der Waals surface area contributed by atoms with Gasteiger partial charge in [-0.3, -0.25) is 0 Å². The number of hydrogen-bond donors (Lipinski definition) is 0. The summed E-state index contributed by atoms with van der Waals surface area (Å²) < 4.78 is 11.9. The van der Waals surface area contributed by atoms with Gasteiger partial charge < -0.3 is 9.47 Å². The molecule has 0 amide bonds. The summed E-state index contributed by atoms with van der Waals surface area (Å²) >= 11 is 1.76. The number of rotatable bonds is 7. The van der Waals surface area contributed by atoms with Crippen LogP contribution in [0.5, 0.6) is 5.75 Å². The molecule has 0 radical (unpaired) electrons. The molecule has 3 heteroatoms. The lowest BCUT2D eigenvalue weighted by atomic mass is 9.89. The summed E-state index contributed by atoms with van der Waals surface area (Å²) in [6, 6.07) is 15.1. The van der Waals surface area contributed by atoms with Crippen molar-refractivity contribution in [2.24, 2.45) is 0 Å². The van der Waals surface area contributed by atoms with Crippen molar-refractivity contribution in [1.82, 2.24) is 0 Å². The molecule has 1 aliphatic carbocycles. The van der Waals surface area contributed by atoms with Crippen LogP contribution >= 0.6 is 11.8 Å². The van der Waals surface area contributed by atoms with E-state index in [1.807, 2.05) is 0 Å². The average Bonchev–Trinajstić information content (AvgIpc) is 2.64. The molecule has 24 heavy (non-hydrogen) atoms. The standard InChI is InChI=1S/C21H26O2S/c1-3-12-22-19-8-6-18-14-20(9-7-17(18)13-19)23-15-16-4-10-21(24-2)11-5-16/h4-5,7,9-11,14,19H,3,6,8,12-13,15H2,1-2H3. The van der Waals surface area contributed by atoms with Gasteiger partial charge in [0.15, 0.2) is 0 Å². The molecule has 0 aliphatic heterocycles. The minimum absolute atomic E-state index is 0.388. The van der Waals surface area contributed by atoms with Gasteiger partial charge in [-0.1, -0.05) is 25.1 Å². The Morgan fingerprint density at radius 2 is 1.92 bits per heavy atom. The third-order valence-corrected chi connectivity index (χ3v) is 5.23. The Morgan fingerprint density at radius 3 is 2.67 bits per heavy atom. The summed E-state index contributed by atoms with van der Waals surface area (Å²) in [7, 11) is 0. The molecule has 0 heterocycles. The van der Waals surface area contributed by atoms with E-state index in [0.29, 0.717) is 12.7 Å². The molecule has 128 valence electrons. The first-order valence-electron chi connectivity index (χ1n) is 8.77. The monoisotopic (exact) mass is 342 g/mol. The molecule has 0 aromatic heterocycles. The maximum Gasteiger partial charge on any atom is 0.120 e. The fourth-order valence-corrected chi connectivity index (χ4v) is 3.51. The number of thioether (sulfide) groups is 1. The zero-order valence-corrected chi connectivity index (χ0v) is 15.4. The highest BCUT2D eigenvalue weighted by Gasteiger charge is 2.19. The zero-order valence-electron chi connectivity index (χ0n) is 14.6. The van der Waals surface area contributed by atoms with E-state index >= 15 is 0 Å². The van der Waals surface area contributed by atoms with Crippen molar-refractivity contribution < 1.29 is 9.47 Å². The van der Waals surface area contributed by atoms with Crippen LogP contribution in [0.4, 0.5) is 0 Å².